The minimum atomic E-state index is -0.124. The Bertz CT molecular complexity index is 554. The zero-order valence-corrected chi connectivity index (χ0v) is 11.5. The fourth-order valence-corrected chi connectivity index (χ4v) is 2.58. The van der Waals surface area contributed by atoms with Crippen LogP contribution in [-0.4, -0.2) is 17.9 Å². The van der Waals surface area contributed by atoms with Crippen LogP contribution in [0, 0.1) is 0 Å². The molecule has 0 fully saturated rings. The zero-order chi connectivity index (χ0) is 13.1. The van der Waals surface area contributed by atoms with Gasteiger partial charge in [0.1, 0.15) is 0 Å². The van der Waals surface area contributed by atoms with Gasteiger partial charge in [-0.1, -0.05) is 17.7 Å². The fraction of sp³-hybridized carbons (Fsp3) is 0.154. The Hall–Kier alpha value is -1.52. The van der Waals surface area contributed by atoms with Crippen LogP contribution in [-0.2, 0) is 6.54 Å². The van der Waals surface area contributed by atoms with E-state index in [2.05, 4.69) is 0 Å². The summed E-state index contributed by atoms with van der Waals surface area (Å²) >= 11 is 7.64. The van der Waals surface area contributed by atoms with Gasteiger partial charge >= 0.3 is 0 Å². The maximum Gasteiger partial charge on any atom is 0.255 e. The molecule has 2 rings (SSSR count). The molecule has 2 N–H and O–H groups in total. The third-order valence-corrected chi connectivity index (χ3v) is 3.73. The molecule has 0 bridgehead atoms. The highest BCUT2D eigenvalue weighted by molar-refractivity contribution is 7.09. The van der Waals surface area contributed by atoms with Crippen molar-refractivity contribution in [2.24, 2.45) is 0 Å². The van der Waals surface area contributed by atoms with Gasteiger partial charge in [0.05, 0.1) is 17.1 Å². The lowest BCUT2D eigenvalue weighted by Crippen LogP contribution is -2.26. The Balaban J connectivity index is 2.17. The highest BCUT2D eigenvalue weighted by Gasteiger charge is 2.15. The number of halogens is 1. The minimum absolute atomic E-state index is 0.124. The number of anilines is 1. The lowest BCUT2D eigenvalue weighted by molar-refractivity contribution is 0.0786. The fourth-order valence-electron chi connectivity index (χ4n) is 1.62. The molecule has 1 amide bonds. The number of hydrogen-bond acceptors (Lipinski definition) is 3. The second-order valence-corrected chi connectivity index (χ2v) is 5.42. The van der Waals surface area contributed by atoms with Gasteiger partial charge in [0.15, 0.2) is 0 Å². The van der Waals surface area contributed by atoms with Crippen LogP contribution in [0.15, 0.2) is 35.7 Å². The van der Waals surface area contributed by atoms with Crippen LogP contribution in [0.4, 0.5) is 5.69 Å². The first-order valence-electron chi connectivity index (χ1n) is 5.41. The van der Waals surface area contributed by atoms with E-state index in [1.165, 1.54) is 0 Å². The molecule has 0 aliphatic carbocycles. The molecule has 2 aromatic rings. The number of hydrogen-bond donors (Lipinski definition) is 1. The van der Waals surface area contributed by atoms with Crippen LogP contribution in [0.1, 0.15) is 15.2 Å². The number of carbonyl (C=O) groups is 1. The van der Waals surface area contributed by atoms with Gasteiger partial charge in [0.2, 0.25) is 0 Å². The van der Waals surface area contributed by atoms with Crippen LogP contribution in [0.2, 0.25) is 5.02 Å². The second-order valence-electron chi connectivity index (χ2n) is 3.98. The third kappa shape index (κ3) is 2.83. The topological polar surface area (TPSA) is 46.3 Å². The van der Waals surface area contributed by atoms with Crippen LogP contribution in [0.5, 0.6) is 0 Å². The summed E-state index contributed by atoms with van der Waals surface area (Å²) < 4.78 is 0. The van der Waals surface area contributed by atoms with E-state index in [1.807, 2.05) is 17.5 Å². The molecule has 0 saturated carbocycles. The van der Waals surface area contributed by atoms with E-state index in [0.717, 1.165) is 4.88 Å². The molecule has 94 valence electrons. The standard InChI is InChI=1S/C13H13ClN2OS/c1-16(8-10-3-2-6-18-10)13(17)11-7-9(15)4-5-12(11)14/h2-7H,8,15H2,1H3. The van der Waals surface area contributed by atoms with Crippen LogP contribution < -0.4 is 5.73 Å². The Labute approximate surface area is 115 Å². The summed E-state index contributed by atoms with van der Waals surface area (Å²) in [5.74, 6) is -0.124. The third-order valence-electron chi connectivity index (χ3n) is 2.54. The van der Waals surface area contributed by atoms with Crippen LogP contribution >= 0.6 is 22.9 Å². The maximum atomic E-state index is 12.2. The molecule has 0 radical (unpaired) electrons. The van der Waals surface area contributed by atoms with Crippen molar-refractivity contribution in [2.45, 2.75) is 6.54 Å². The molecular weight excluding hydrogens is 268 g/mol. The van der Waals surface area contributed by atoms with Crippen LogP contribution in [0.25, 0.3) is 0 Å². The largest absolute Gasteiger partial charge is 0.399 e. The SMILES string of the molecule is CN(Cc1cccs1)C(=O)c1cc(N)ccc1Cl. The summed E-state index contributed by atoms with van der Waals surface area (Å²) in [4.78, 5) is 15.0. The van der Waals surface area contributed by atoms with Crippen molar-refractivity contribution in [3.8, 4) is 0 Å². The van der Waals surface area contributed by atoms with E-state index in [9.17, 15) is 4.79 Å². The monoisotopic (exact) mass is 280 g/mol. The van der Waals surface area contributed by atoms with Crippen molar-refractivity contribution in [3.63, 3.8) is 0 Å². The van der Waals surface area contributed by atoms with Gasteiger partial charge in [-0.05, 0) is 29.6 Å². The average Bonchev–Trinajstić information content (AvgIpc) is 2.84. The lowest BCUT2D eigenvalue weighted by atomic mass is 10.2. The van der Waals surface area contributed by atoms with Gasteiger partial charge < -0.3 is 10.6 Å². The van der Waals surface area contributed by atoms with Gasteiger partial charge in [-0.2, -0.15) is 0 Å². The summed E-state index contributed by atoms with van der Waals surface area (Å²) in [6.45, 7) is 0.571. The smallest absolute Gasteiger partial charge is 0.255 e. The predicted molar refractivity (Wildman–Crippen MR) is 76.0 cm³/mol. The minimum Gasteiger partial charge on any atom is -0.399 e. The van der Waals surface area contributed by atoms with E-state index < -0.39 is 0 Å². The van der Waals surface area contributed by atoms with Gasteiger partial charge in [-0.3, -0.25) is 4.79 Å². The Morgan fingerprint density at radius 3 is 2.89 bits per heavy atom. The number of nitrogens with two attached hydrogens (primary N) is 1. The van der Waals surface area contributed by atoms with E-state index in [-0.39, 0.29) is 5.91 Å². The molecule has 0 unspecified atom stereocenters. The Morgan fingerprint density at radius 2 is 2.22 bits per heavy atom. The van der Waals surface area contributed by atoms with Crippen molar-refractivity contribution in [1.82, 2.24) is 4.90 Å². The van der Waals surface area contributed by atoms with Gasteiger partial charge in [-0.25, -0.2) is 0 Å². The molecule has 1 heterocycles. The number of nitrogens with zero attached hydrogens (tertiary/aromatic N) is 1. The van der Waals surface area contributed by atoms with Gasteiger partial charge in [0.25, 0.3) is 5.91 Å². The second kappa shape index (κ2) is 5.42. The summed E-state index contributed by atoms with van der Waals surface area (Å²) in [5, 5.41) is 2.41. The molecule has 3 nitrogen and oxygen atoms in total. The molecule has 0 aliphatic rings. The summed E-state index contributed by atoms with van der Waals surface area (Å²) in [5.41, 5.74) is 6.65. The zero-order valence-electron chi connectivity index (χ0n) is 9.89. The van der Waals surface area contributed by atoms with Crippen LogP contribution in [0.3, 0.4) is 0 Å². The number of rotatable bonds is 3. The molecule has 0 saturated heterocycles. The molecule has 1 aromatic carbocycles. The number of amides is 1. The molecule has 18 heavy (non-hydrogen) atoms. The molecular formula is C13H13ClN2OS. The normalized spacial score (nSPS) is 10.3. The molecule has 0 spiro atoms. The first kappa shape index (κ1) is 12.9. The van der Waals surface area contributed by atoms with Crippen molar-refractivity contribution in [2.75, 3.05) is 12.8 Å². The number of nitrogen functional groups attached to an aromatic ring is 1. The first-order chi connectivity index (χ1) is 8.58. The first-order valence-corrected chi connectivity index (χ1v) is 6.66. The Morgan fingerprint density at radius 1 is 1.44 bits per heavy atom. The van der Waals surface area contributed by atoms with Gasteiger partial charge in [-0.15, -0.1) is 11.3 Å². The van der Waals surface area contributed by atoms with E-state index in [4.69, 9.17) is 17.3 Å². The maximum absolute atomic E-state index is 12.2. The van der Waals surface area contributed by atoms with Crippen molar-refractivity contribution in [1.29, 1.82) is 0 Å². The molecule has 0 aliphatic heterocycles. The molecule has 1 aromatic heterocycles. The molecule has 5 heteroatoms. The van der Waals surface area contributed by atoms with Crippen molar-refractivity contribution < 1.29 is 4.79 Å². The summed E-state index contributed by atoms with van der Waals surface area (Å²) in [7, 11) is 1.75. The lowest BCUT2D eigenvalue weighted by Gasteiger charge is -2.17. The van der Waals surface area contributed by atoms with E-state index >= 15 is 0 Å². The van der Waals surface area contributed by atoms with E-state index in [1.54, 1.807) is 41.5 Å². The highest BCUT2D eigenvalue weighted by Crippen LogP contribution is 2.21. The van der Waals surface area contributed by atoms with Crippen molar-refractivity contribution >= 4 is 34.5 Å². The predicted octanol–water partition coefficient (Wildman–Crippen LogP) is 3.26. The number of thiophene rings is 1. The van der Waals surface area contributed by atoms with Crippen molar-refractivity contribution in [3.05, 3.63) is 51.2 Å². The van der Waals surface area contributed by atoms with Gasteiger partial charge in [0, 0.05) is 17.6 Å². The quantitative estimate of drug-likeness (QED) is 0.877. The summed E-state index contributed by atoms with van der Waals surface area (Å²) in [6, 6.07) is 8.89. The van der Waals surface area contributed by atoms with E-state index in [0.29, 0.717) is 22.8 Å². The highest BCUT2D eigenvalue weighted by atomic mass is 35.5. The number of carbonyl (C=O) groups excluding carboxylic acids is 1. The summed E-state index contributed by atoms with van der Waals surface area (Å²) in [6.07, 6.45) is 0. The number of benzene rings is 1. The Kier molecular flexibility index (Phi) is 3.89. The molecule has 0 atom stereocenters. The average molecular weight is 281 g/mol.